The average Bonchev–Trinajstić information content (AvgIpc) is 2.29. The Morgan fingerprint density at radius 1 is 1.15 bits per heavy atom. The van der Waals surface area contributed by atoms with E-state index in [4.69, 9.17) is 6.42 Å². The van der Waals surface area contributed by atoms with E-state index in [1.165, 1.54) is 44.9 Å². The Balaban J connectivity index is 1.88. The van der Waals surface area contributed by atoms with Gasteiger partial charge in [-0.2, -0.15) is 0 Å². The molecule has 4 aliphatic carbocycles. The van der Waals surface area contributed by atoms with E-state index >= 15 is 0 Å². The van der Waals surface area contributed by atoms with Gasteiger partial charge in [-0.25, -0.2) is 0 Å². The van der Waals surface area contributed by atoms with Crippen molar-refractivity contribution in [2.75, 3.05) is 6.54 Å². The Labute approximate surface area is 125 Å². The van der Waals surface area contributed by atoms with Gasteiger partial charge in [-0.3, -0.25) is 0 Å². The lowest BCUT2D eigenvalue weighted by molar-refractivity contribution is -0.158. The zero-order chi connectivity index (χ0) is 14.4. The van der Waals surface area contributed by atoms with Gasteiger partial charge in [-0.15, -0.1) is 12.3 Å². The van der Waals surface area contributed by atoms with E-state index in [1.807, 2.05) is 0 Å². The van der Waals surface area contributed by atoms with Crippen LogP contribution in [-0.2, 0) is 0 Å². The van der Waals surface area contributed by atoms with Crippen LogP contribution in [0.15, 0.2) is 0 Å². The molecule has 1 nitrogen and oxygen atoms in total. The number of terminal acetylenes is 1. The van der Waals surface area contributed by atoms with Crippen molar-refractivity contribution in [1.29, 1.82) is 0 Å². The number of nitrogens with one attached hydrogen (secondary N) is 1. The average molecular weight is 273 g/mol. The monoisotopic (exact) mass is 273 g/mol. The molecular formula is C19H31N. The van der Waals surface area contributed by atoms with Gasteiger partial charge in [0.25, 0.3) is 0 Å². The molecule has 0 aromatic heterocycles. The van der Waals surface area contributed by atoms with Gasteiger partial charge < -0.3 is 5.32 Å². The van der Waals surface area contributed by atoms with Crippen LogP contribution in [0, 0.1) is 34.5 Å². The van der Waals surface area contributed by atoms with Crippen molar-refractivity contribution < 1.29 is 0 Å². The van der Waals surface area contributed by atoms with Crippen LogP contribution in [-0.4, -0.2) is 12.6 Å². The van der Waals surface area contributed by atoms with Crippen molar-refractivity contribution in [2.24, 2.45) is 22.2 Å². The summed E-state index contributed by atoms with van der Waals surface area (Å²) in [5.41, 5.74) is 1.76. The fourth-order valence-electron chi connectivity index (χ4n) is 7.02. The summed E-state index contributed by atoms with van der Waals surface area (Å²) in [6, 6.07) is 0.644. The molecule has 0 saturated heterocycles. The molecule has 0 spiro atoms. The minimum Gasteiger partial charge on any atom is -0.314 e. The lowest BCUT2D eigenvalue weighted by atomic mass is 9.39. The minimum atomic E-state index is 0.537. The van der Waals surface area contributed by atoms with Gasteiger partial charge >= 0.3 is 0 Å². The van der Waals surface area contributed by atoms with Crippen LogP contribution in [0.5, 0.6) is 0 Å². The maximum atomic E-state index is 5.54. The fraction of sp³-hybridized carbons (Fsp3) is 0.895. The van der Waals surface area contributed by atoms with Crippen molar-refractivity contribution in [2.45, 2.75) is 78.2 Å². The first-order valence-corrected chi connectivity index (χ1v) is 8.60. The van der Waals surface area contributed by atoms with Crippen molar-refractivity contribution in [3.8, 4) is 12.3 Å². The normalized spacial score (nSPS) is 47.2. The Hall–Kier alpha value is -0.480. The van der Waals surface area contributed by atoms with Crippen LogP contribution in [0.4, 0.5) is 0 Å². The van der Waals surface area contributed by atoms with Gasteiger partial charge in [0.05, 0.1) is 0 Å². The molecule has 112 valence electrons. The Morgan fingerprint density at radius 3 is 2.30 bits per heavy atom. The molecule has 0 heterocycles. The molecule has 0 amide bonds. The topological polar surface area (TPSA) is 12.0 Å². The van der Waals surface area contributed by atoms with Gasteiger partial charge in [0.2, 0.25) is 0 Å². The van der Waals surface area contributed by atoms with Crippen LogP contribution in [0.25, 0.3) is 0 Å². The smallest absolute Gasteiger partial charge is 0.0133 e. The highest BCUT2D eigenvalue weighted by Crippen LogP contribution is 2.70. The molecule has 3 atom stereocenters. The highest BCUT2D eigenvalue weighted by Gasteiger charge is 2.61. The maximum absolute atomic E-state index is 5.54. The predicted octanol–water partition coefficient (Wildman–Crippen LogP) is 4.37. The molecule has 4 rings (SSSR count). The second kappa shape index (κ2) is 4.77. The molecule has 4 fully saturated rings. The summed E-state index contributed by atoms with van der Waals surface area (Å²) in [6.07, 6.45) is 16.4. The Morgan fingerprint density at radius 2 is 1.80 bits per heavy atom. The summed E-state index contributed by atoms with van der Waals surface area (Å²) in [5.74, 6) is 3.85. The molecule has 0 aliphatic heterocycles. The van der Waals surface area contributed by atoms with Gasteiger partial charge in [0.1, 0.15) is 0 Å². The van der Waals surface area contributed by atoms with Gasteiger partial charge in [-0.1, -0.05) is 20.8 Å². The molecule has 0 aromatic carbocycles. The molecule has 20 heavy (non-hydrogen) atoms. The van der Waals surface area contributed by atoms with Crippen molar-refractivity contribution in [1.82, 2.24) is 5.32 Å². The third-order valence-electron chi connectivity index (χ3n) is 6.44. The first-order valence-electron chi connectivity index (χ1n) is 8.60. The summed E-state index contributed by atoms with van der Waals surface area (Å²) < 4.78 is 0. The van der Waals surface area contributed by atoms with Crippen LogP contribution in [0.2, 0.25) is 0 Å². The molecule has 1 heteroatoms. The van der Waals surface area contributed by atoms with Gasteiger partial charge in [-0.05, 0) is 73.7 Å². The lowest BCUT2D eigenvalue weighted by Crippen LogP contribution is -2.61. The molecule has 3 unspecified atom stereocenters. The van der Waals surface area contributed by atoms with E-state index in [-0.39, 0.29) is 0 Å². The first kappa shape index (κ1) is 14.5. The summed E-state index contributed by atoms with van der Waals surface area (Å²) in [6.45, 7) is 8.45. The van der Waals surface area contributed by atoms with E-state index < -0.39 is 0 Å². The number of hydrogen-bond donors (Lipinski definition) is 1. The predicted molar refractivity (Wildman–Crippen MR) is 85.4 cm³/mol. The van der Waals surface area contributed by atoms with Crippen LogP contribution in [0.3, 0.4) is 0 Å². The quantitative estimate of drug-likeness (QED) is 0.733. The second-order valence-corrected chi connectivity index (χ2v) is 8.85. The number of hydrogen-bond acceptors (Lipinski definition) is 1. The van der Waals surface area contributed by atoms with Crippen molar-refractivity contribution in [3.63, 3.8) is 0 Å². The third-order valence-corrected chi connectivity index (χ3v) is 6.44. The van der Waals surface area contributed by atoms with Gasteiger partial charge in [0, 0.05) is 12.5 Å². The summed E-state index contributed by atoms with van der Waals surface area (Å²) >= 11 is 0. The van der Waals surface area contributed by atoms with Crippen molar-refractivity contribution >= 4 is 0 Å². The molecule has 4 bridgehead atoms. The highest BCUT2D eigenvalue weighted by atomic mass is 14.9. The molecule has 0 aromatic rings. The lowest BCUT2D eigenvalue weighted by Gasteiger charge is -2.67. The number of rotatable bonds is 5. The van der Waals surface area contributed by atoms with E-state index in [9.17, 15) is 0 Å². The third kappa shape index (κ3) is 2.31. The van der Waals surface area contributed by atoms with Crippen LogP contribution in [0.1, 0.15) is 72.1 Å². The van der Waals surface area contributed by atoms with Crippen LogP contribution >= 0.6 is 0 Å². The molecule has 1 N–H and O–H groups in total. The second-order valence-electron chi connectivity index (χ2n) is 8.85. The summed E-state index contributed by atoms with van der Waals surface area (Å²) in [5, 5.41) is 3.81. The summed E-state index contributed by atoms with van der Waals surface area (Å²) in [7, 11) is 0. The Kier molecular flexibility index (Phi) is 3.45. The van der Waals surface area contributed by atoms with Gasteiger partial charge in [0.15, 0.2) is 0 Å². The maximum Gasteiger partial charge on any atom is 0.0133 e. The summed E-state index contributed by atoms with van der Waals surface area (Å²) in [4.78, 5) is 0. The molecule has 4 aliphatic rings. The first-order chi connectivity index (χ1) is 9.43. The molecule has 4 saturated carbocycles. The Bertz CT molecular complexity index is 400. The SMILES string of the molecule is C#CCCC(NCC)C12CC3CC(C)(CC(C)(C3)C1)C2. The van der Waals surface area contributed by atoms with Crippen LogP contribution < -0.4 is 5.32 Å². The largest absolute Gasteiger partial charge is 0.314 e. The highest BCUT2D eigenvalue weighted by molar-refractivity contribution is 5.13. The van der Waals surface area contributed by atoms with E-state index in [2.05, 4.69) is 32.0 Å². The standard InChI is InChI=1S/C19H31N/c1-5-7-8-16(20-6-2)19-11-15-9-17(3,13-19)12-18(4,10-15)14-19/h1,15-16,20H,6-14H2,2-4H3. The zero-order valence-corrected chi connectivity index (χ0v) is 13.6. The van der Waals surface area contributed by atoms with E-state index in [1.54, 1.807) is 0 Å². The molecule has 0 radical (unpaired) electrons. The van der Waals surface area contributed by atoms with E-state index in [0.29, 0.717) is 22.3 Å². The van der Waals surface area contributed by atoms with E-state index in [0.717, 1.165) is 18.9 Å². The molecular weight excluding hydrogens is 242 g/mol. The zero-order valence-electron chi connectivity index (χ0n) is 13.6. The minimum absolute atomic E-state index is 0.537. The van der Waals surface area contributed by atoms with Crippen molar-refractivity contribution in [3.05, 3.63) is 0 Å². The fourth-order valence-corrected chi connectivity index (χ4v) is 7.02.